The van der Waals surface area contributed by atoms with Crippen molar-refractivity contribution in [2.24, 2.45) is 0 Å². The number of halogens is 3. The third kappa shape index (κ3) is 5.53. The molecular weight excluding hydrogens is 371 g/mol. The van der Waals surface area contributed by atoms with E-state index in [1.54, 1.807) is 30.5 Å². The van der Waals surface area contributed by atoms with Crippen molar-refractivity contribution in [2.75, 3.05) is 0 Å². The molecule has 0 saturated carbocycles. The van der Waals surface area contributed by atoms with Crippen LogP contribution in [0.2, 0.25) is 15.7 Å². The molecule has 0 aliphatic carbocycles. The van der Waals surface area contributed by atoms with Gasteiger partial charge in [-0.1, -0.05) is 29.8 Å². The van der Waals surface area contributed by atoms with Gasteiger partial charge in [0.15, 0.2) is 5.78 Å². The van der Waals surface area contributed by atoms with E-state index in [4.69, 9.17) is 34.8 Å². The Hall–Kier alpha value is -2.08. The highest BCUT2D eigenvalue weighted by Crippen LogP contribution is 2.19. The molecule has 0 aliphatic heterocycles. The summed E-state index contributed by atoms with van der Waals surface area (Å²) in [6.07, 6.45) is 3.09. The summed E-state index contributed by atoms with van der Waals surface area (Å²) < 4.78 is 0. The summed E-state index contributed by atoms with van der Waals surface area (Å²) >= 11 is 16.5. The summed E-state index contributed by atoms with van der Waals surface area (Å²) in [5.41, 5.74) is 2.23. The average molecular weight is 382 g/mol. The van der Waals surface area contributed by atoms with Crippen molar-refractivity contribution < 1.29 is 4.79 Å². The number of aromatic nitrogens is 4. The monoisotopic (exact) mass is 380 g/mol. The van der Waals surface area contributed by atoms with Crippen LogP contribution in [0.5, 0.6) is 0 Å². The van der Waals surface area contributed by atoms with E-state index >= 15 is 0 Å². The lowest BCUT2D eigenvalue weighted by Crippen LogP contribution is -1.93. The Morgan fingerprint density at radius 2 is 1.58 bits per heavy atom. The van der Waals surface area contributed by atoms with Crippen LogP contribution in [-0.2, 0) is 0 Å². The topological polar surface area (TPSA) is 68.6 Å². The normalized spacial score (nSPS) is 9.83. The Labute approximate surface area is 153 Å². The molecule has 0 radical (unpaired) electrons. The number of rotatable bonds is 2. The van der Waals surface area contributed by atoms with Crippen molar-refractivity contribution in [1.82, 2.24) is 19.9 Å². The van der Waals surface area contributed by atoms with E-state index in [0.717, 1.165) is 5.56 Å². The van der Waals surface area contributed by atoms with Gasteiger partial charge in [0.2, 0.25) is 10.6 Å². The number of hydrogen-bond donors (Lipinski definition) is 0. The van der Waals surface area contributed by atoms with Gasteiger partial charge >= 0.3 is 0 Å². The molecule has 2 heterocycles. The minimum atomic E-state index is 0.0296. The van der Waals surface area contributed by atoms with E-state index in [1.807, 2.05) is 12.1 Å². The van der Waals surface area contributed by atoms with Gasteiger partial charge in [-0.25, -0.2) is 19.9 Å². The Morgan fingerprint density at radius 3 is 2.12 bits per heavy atom. The maximum atomic E-state index is 11.2. The molecule has 0 saturated heterocycles. The predicted octanol–water partition coefficient (Wildman–Crippen LogP) is 4.78. The third-order valence-corrected chi connectivity index (χ3v) is 3.36. The zero-order valence-electron chi connectivity index (χ0n) is 12.4. The number of ketones is 1. The molecule has 8 heteroatoms. The van der Waals surface area contributed by atoms with Crippen LogP contribution >= 0.6 is 34.8 Å². The number of benzene rings is 1. The predicted molar refractivity (Wildman–Crippen MR) is 94.5 cm³/mol. The molecule has 0 unspecified atom stereocenters. The maximum Gasteiger partial charge on any atom is 0.223 e. The number of carbonyl (C=O) groups is 1. The van der Waals surface area contributed by atoms with Crippen molar-refractivity contribution in [1.29, 1.82) is 0 Å². The van der Waals surface area contributed by atoms with E-state index < -0.39 is 0 Å². The van der Waals surface area contributed by atoms with Gasteiger partial charge in [0.05, 0.1) is 5.69 Å². The zero-order chi connectivity index (χ0) is 17.5. The van der Waals surface area contributed by atoms with Crippen LogP contribution in [-0.4, -0.2) is 25.7 Å². The fourth-order valence-corrected chi connectivity index (χ4v) is 2.18. The molecule has 24 heavy (non-hydrogen) atoms. The van der Waals surface area contributed by atoms with Crippen LogP contribution in [0.1, 0.15) is 17.3 Å². The number of carbonyl (C=O) groups excluding carboxylic acids is 1. The molecule has 0 fully saturated rings. The highest BCUT2D eigenvalue weighted by atomic mass is 35.5. The van der Waals surface area contributed by atoms with Crippen molar-refractivity contribution in [2.45, 2.75) is 6.92 Å². The number of Topliss-reactive ketones (excluding diaryl/α,β-unsaturated/α-hetero) is 1. The van der Waals surface area contributed by atoms with E-state index in [9.17, 15) is 4.79 Å². The van der Waals surface area contributed by atoms with E-state index in [2.05, 4.69) is 19.9 Å². The largest absolute Gasteiger partial charge is 0.295 e. The van der Waals surface area contributed by atoms with Gasteiger partial charge in [-0.15, -0.1) is 0 Å². The van der Waals surface area contributed by atoms with E-state index in [0.29, 0.717) is 16.4 Å². The fourth-order valence-electron chi connectivity index (χ4n) is 1.71. The Balaban J connectivity index is 0.000000219. The summed E-state index contributed by atoms with van der Waals surface area (Å²) in [4.78, 5) is 26.3. The number of nitrogens with zero attached hydrogens (tertiary/aromatic N) is 4. The SMILES string of the molecule is CC(=O)c1cccc(-c2ccnc(Cl)n2)c1.Clc1ccnc(Cl)n1. The minimum Gasteiger partial charge on any atom is -0.295 e. The quantitative estimate of drug-likeness (QED) is 0.363. The van der Waals surface area contributed by atoms with Gasteiger partial charge < -0.3 is 0 Å². The molecule has 0 amide bonds. The molecule has 122 valence electrons. The standard InChI is InChI=1S/C12H9ClN2O.C4H2Cl2N2/c1-8(16)9-3-2-4-10(7-9)11-5-6-14-12(13)15-11;5-3-1-2-7-4(6)8-3/h2-7H,1H3;1-2H. The van der Waals surface area contributed by atoms with Gasteiger partial charge in [-0.2, -0.15) is 0 Å². The Bertz CT molecular complexity index is 841. The van der Waals surface area contributed by atoms with Crippen molar-refractivity contribution in [3.63, 3.8) is 0 Å². The highest BCUT2D eigenvalue weighted by Gasteiger charge is 2.04. The lowest BCUT2D eigenvalue weighted by molar-refractivity contribution is 0.101. The lowest BCUT2D eigenvalue weighted by atomic mass is 10.1. The first-order valence-electron chi connectivity index (χ1n) is 6.69. The Kier molecular flexibility index (Phi) is 6.61. The first-order chi connectivity index (χ1) is 11.5. The van der Waals surface area contributed by atoms with Crippen LogP contribution < -0.4 is 0 Å². The first-order valence-corrected chi connectivity index (χ1v) is 7.83. The van der Waals surface area contributed by atoms with Crippen molar-refractivity contribution in [3.05, 3.63) is 70.1 Å². The van der Waals surface area contributed by atoms with Gasteiger partial charge in [0.25, 0.3) is 0 Å². The molecular formula is C16H11Cl3N4O. The molecule has 3 rings (SSSR count). The van der Waals surface area contributed by atoms with Crippen LogP contribution in [0.3, 0.4) is 0 Å². The average Bonchev–Trinajstić information content (AvgIpc) is 2.55. The molecule has 0 N–H and O–H groups in total. The molecule has 3 aromatic rings. The van der Waals surface area contributed by atoms with Crippen LogP contribution in [0.25, 0.3) is 11.3 Å². The van der Waals surface area contributed by atoms with Crippen LogP contribution in [0.4, 0.5) is 0 Å². The van der Waals surface area contributed by atoms with Crippen molar-refractivity contribution >= 4 is 40.6 Å². The van der Waals surface area contributed by atoms with E-state index in [1.165, 1.54) is 13.1 Å². The van der Waals surface area contributed by atoms with Gasteiger partial charge in [-0.3, -0.25) is 4.79 Å². The van der Waals surface area contributed by atoms with Gasteiger partial charge in [0, 0.05) is 23.5 Å². The zero-order valence-corrected chi connectivity index (χ0v) is 14.7. The van der Waals surface area contributed by atoms with Gasteiger partial charge in [0.1, 0.15) is 5.15 Å². The second-order valence-electron chi connectivity index (χ2n) is 4.50. The van der Waals surface area contributed by atoms with Crippen molar-refractivity contribution in [3.8, 4) is 11.3 Å². The smallest absolute Gasteiger partial charge is 0.223 e. The lowest BCUT2D eigenvalue weighted by Gasteiger charge is -2.02. The molecule has 2 aromatic heterocycles. The molecule has 5 nitrogen and oxygen atoms in total. The molecule has 0 atom stereocenters. The first kappa shape index (κ1) is 18.3. The van der Waals surface area contributed by atoms with Gasteiger partial charge in [-0.05, 0) is 48.3 Å². The Morgan fingerprint density at radius 1 is 0.917 bits per heavy atom. The second kappa shape index (κ2) is 8.68. The van der Waals surface area contributed by atoms with Crippen LogP contribution in [0.15, 0.2) is 48.8 Å². The second-order valence-corrected chi connectivity index (χ2v) is 5.56. The summed E-state index contributed by atoms with van der Waals surface area (Å²) in [5, 5.41) is 0.744. The summed E-state index contributed by atoms with van der Waals surface area (Å²) in [6, 6.07) is 10.6. The maximum absolute atomic E-state index is 11.2. The highest BCUT2D eigenvalue weighted by molar-refractivity contribution is 6.31. The van der Waals surface area contributed by atoms with E-state index in [-0.39, 0.29) is 16.4 Å². The minimum absolute atomic E-state index is 0.0296. The summed E-state index contributed by atoms with van der Waals surface area (Å²) in [6.45, 7) is 1.53. The third-order valence-electron chi connectivity index (χ3n) is 2.78. The number of hydrogen-bond acceptors (Lipinski definition) is 5. The van der Waals surface area contributed by atoms with Crippen LogP contribution in [0, 0.1) is 0 Å². The molecule has 0 bridgehead atoms. The molecule has 0 aliphatic rings. The fraction of sp³-hybridized carbons (Fsp3) is 0.0625. The molecule has 1 aromatic carbocycles. The molecule has 0 spiro atoms. The summed E-state index contributed by atoms with van der Waals surface area (Å²) in [5.74, 6) is 0.0296. The summed E-state index contributed by atoms with van der Waals surface area (Å²) in [7, 11) is 0.